The fourth-order valence-electron chi connectivity index (χ4n) is 2.95. The van der Waals surface area contributed by atoms with E-state index in [0.29, 0.717) is 0 Å². The lowest BCUT2D eigenvalue weighted by Gasteiger charge is -2.20. The highest BCUT2D eigenvalue weighted by molar-refractivity contribution is 9.13. The smallest absolute Gasteiger partial charge is 0.109 e. The van der Waals surface area contributed by atoms with Gasteiger partial charge in [0.1, 0.15) is 11.3 Å². The molecule has 2 heterocycles. The number of hydrogen-bond acceptors (Lipinski definition) is 2. The summed E-state index contributed by atoms with van der Waals surface area (Å²) < 4.78 is 4.62. The van der Waals surface area contributed by atoms with E-state index >= 15 is 0 Å². The summed E-state index contributed by atoms with van der Waals surface area (Å²) in [4.78, 5) is 4.85. The molecule has 2 aromatic rings. The van der Waals surface area contributed by atoms with Crippen molar-refractivity contribution in [1.29, 1.82) is 0 Å². The van der Waals surface area contributed by atoms with Crippen molar-refractivity contribution in [2.75, 3.05) is 6.54 Å². The molecule has 1 aliphatic rings. The summed E-state index contributed by atoms with van der Waals surface area (Å²) in [5.41, 5.74) is 10.8. The van der Waals surface area contributed by atoms with Crippen LogP contribution in [-0.2, 0) is 19.4 Å². The van der Waals surface area contributed by atoms with Gasteiger partial charge in [0.25, 0.3) is 0 Å². The van der Waals surface area contributed by atoms with E-state index < -0.39 is 0 Å². The second-order valence-corrected chi connectivity index (χ2v) is 6.69. The van der Waals surface area contributed by atoms with Gasteiger partial charge in [-0.25, -0.2) is 4.98 Å². The zero-order valence-electron chi connectivity index (χ0n) is 11.0. The maximum absolute atomic E-state index is 5.63. The van der Waals surface area contributed by atoms with Gasteiger partial charge in [-0.05, 0) is 75.7 Å². The maximum atomic E-state index is 5.63. The number of halogens is 2. The summed E-state index contributed by atoms with van der Waals surface area (Å²) in [6, 6.07) is 0. The van der Waals surface area contributed by atoms with Gasteiger partial charge < -0.3 is 10.3 Å². The van der Waals surface area contributed by atoms with E-state index in [2.05, 4.69) is 43.4 Å². The zero-order valence-corrected chi connectivity index (χ0v) is 14.1. The van der Waals surface area contributed by atoms with Crippen LogP contribution >= 0.6 is 31.9 Å². The molecule has 3 rings (SSSR count). The van der Waals surface area contributed by atoms with Crippen LogP contribution in [0.1, 0.15) is 29.8 Å². The molecule has 0 aliphatic carbocycles. The lowest BCUT2D eigenvalue weighted by Crippen LogP contribution is -2.13. The van der Waals surface area contributed by atoms with E-state index in [1.165, 1.54) is 28.9 Å². The zero-order chi connectivity index (χ0) is 13.6. The number of aromatic nitrogens is 2. The lowest BCUT2D eigenvalue weighted by atomic mass is 9.99. The predicted octanol–water partition coefficient (Wildman–Crippen LogP) is 3.71. The van der Waals surface area contributed by atoms with Crippen LogP contribution < -0.4 is 5.73 Å². The molecule has 0 unspecified atom stereocenters. The molecule has 5 heteroatoms. The van der Waals surface area contributed by atoms with Crippen molar-refractivity contribution >= 4 is 42.9 Å². The van der Waals surface area contributed by atoms with Crippen LogP contribution in [0.5, 0.6) is 0 Å². The number of aryl methyl sites for hydroxylation is 3. The number of nitrogens with two attached hydrogens (primary N) is 1. The van der Waals surface area contributed by atoms with Crippen LogP contribution in [0.4, 0.5) is 0 Å². The maximum Gasteiger partial charge on any atom is 0.109 e. The molecule has 2 N–H and O–H groups in total. The summed E-state index contributed by atoms with van der Waals surface area (Å²) in [6.07, 6.45) is 4.31. The van der Waals surface area contributed by atoms with Gasteiger partial charge in [0, 0.05) is 17.4 Å². The topological polar surface area (TPSA) is 43.8 Å². The molecule has 0 amide bonds. The van der Waals surface area contributed by atoms with Crippen molar-refractivity contribution in [2.24, 2.45) is 5.73 Å². The van der Waals surface area contributed by atoms with Crippen LogP contribution in [0.2, 0.25) is 0 Å². The highest BCUT2D eigenvalue weighted by Crippen LogP contribution is 2.40. The Morgan fingerprint density at radius 3 is 2.84 bits per heavy atom. The van der Waals surface area contributed by atoms with Gasteiger partial charge in [-0.2, -0.15) is 0 Å². The number of rotatable bonds is 3. The van der Waals surface area contributed by atoms with Crippen molar-refractivity contribution in [1.82, 2.24) is 9.55 Å². The SMILES string of the molecule is Cc1c(Br)c(Br)c2nc(CCCN)n3c2c1CCC3. The minimum atomic E-state index is 0.722. The average molecular weight is 387 g/mol. The number of hydrogen-bond donors (Lipinski definition) is 1. The predicted molar refractivity (Wildman–Crippen MR) is 85.6 cm³/mol. The van der Waals surface area contributed by atoms with Gasteiger partial charge >= 0.3 is 0 Å². The number of imidazole rings is 1. The summed E-state index contributed by atoms with van der Waals surface area (Å²) in [5, 5.41) is 0. The summed E-state index contributed by atoms with van der Waals surface area (Å²) in [6.45, 7) is 3.99. The lowest BCUT2D eigenvalue weighted by molar-refractivity contribution is 0.594. The molecule has 0 bridgehead atoms. The molecular formula is C14H17Br2N3. The Labute approximate surface area is 129 Å². The summed E-state index contributed by atoms with van der Waals surface area (Å²) in [5.74, 6) is 1.18. The van der Waals surface area contributed by atoms with E-state index in [1.807, 2.05) is 0 Å². The fraction of sp³-hybridized carbons (Fsp3) is 0.500. The van der Waals surface area contributed by atoms with Gasteiger partial charge in [0.15, 0.2) is 0 Å². The Morgan fingerprint density at radius 2 is 2.11 bits per heavy atom. The van der Waals surface area contributed by atoms with Crippen molar-refractivity contribution in [3.63, 3.8) is 0 Å². The Balaban J connectivity index is 2.29. The van der Waals surface area contributed by atoms with Crippen molar-refractivity contribution in [3.05, 3.63) is 25.9 Å². The van der Waals surface area contributed by atoms with Gasteiger partial charge in [-0.3, -0.25) is 0 Å². The Morgan fingerprint density at radius 1 is 1.32 bits per heavy atom. The molecule has 0 saturated heterocycles. The second-order valence-electron chi connectivity index (χ2n) is 5.10. The van der Waals surface area contributed by atoms with Crippen LogP contribution in [0, 0.1) is 6.92 Å². The van der Waals surface area contributed by atoms with Crippen molar-refractivity contribution < 1.29 is 0 Å². The van der Waals surface area contributed by atoms with Crippen LogP contribution in [-0.4, -0.2) is 16.1 Å². The van der Waals surface area contributed by atoms with Crippen molar-refractivity contribution in [2.45, 2.75) is 39.2 Å². The van der Waals surface area contributed by atoms with Gasteiger partial charge in [-0.1, -0.05) is 0 Å². The van der Waals surface area contributed by atoms with Gasteiger partial charge in [0.05, 0.1) is 9.99 Å². The van der Waals surface area contributed by atoms with E-state index in [9.17, 15) is 0 Å². The first kappa shape index (κ1) is 13.6. The minimum Gasteiger partial charge on any atom is -0.330 e. The number of nitrogens with zero attached hydrogens (tertiary/aromatic N) is 2. The van der Waals surface area contributed by atoms with Gasteiger partial charge in [-0.15, -0.1) is 0 Å². The first-order chi connectivity index (χ1) is 9.15. The summed E-state index contributed by atoms with van der Waals surface area (Å²) in [7, 11) is 0. The monoisotopic (exact) mass is 385 g/mol. The van der Waals surface area contributed by atoms with Crippen molar-refractivity contribution in [3.8, 4) is 0 Å². The highest BCUT2D eigenvalue weighted by Gasteiger charge is 2.23. The Kier molecular flexibility index (Phi) is 3.71. The van der Waals surface area contributed by atoms with Crippen LogP contribution in [0.15, 0.2) is 8.95 Å². The van der Waals surface area contributed by atoms with Gasteiger partial charge in [0.2, 0.25) is 0 Å². The van der Waals surface area contributed by atoms with Crippen LogP contribution in [0.3, 0.4) is 0 Å². The molecular weight excluding hydrogens is 370 g/mol. The molecule has 1 aromatic carbocycles. The molecule has 19 heavy (non-hydrogen) atoms. The van der Waals surface area contributed by atoms with Crippen LogP contribution in [0.25, 0.3) is 11.0 Å². The standard InChI is InChI=1S/C14H17Br2N3/c1-8-9-4-3-7-19-10(5-2-6-17)18-13(14(9)19)12(16)11(8)15/h2-7,17H2,1H3. The quantitative estimate of drug-likeness (QED) is 0.873. The minimum absolute atomic E-state index is 0.722. The summed E-state index contributed by atoms with van der Waals surface area (Å²) >= 11 is 7.37. The molecule has 1 aliphatic heterocycles. The third-order valence-electron chi connectivity index (χ3n) is 3.93. The molecule has 0 saturated carbocycles. The second kappa shape index (κ2) is 5.19. The highest BCUT2D eigenvalue weighted by atomic mass is 79.9. The Bertz CT molecular complexity index is 646. The first-order valence-electron chi connectivity index (χ1n) is 6.70. The molecule has 0 atom stereocenters. The number of benzene rings is 1. The van der Waals surface area contributed by atoms with E-state index in [-0.39, 0.29) is 0 Å². The fourth-order valence-corrected chi connectivity index (χ4v) is 3.95. The third kappa shape index (κ3) is 2.06. The largest absolute Gasteiger partial charge is 0.330 e. The molecule has 1 aromatic heterocycles. The molecule has 0 radical (unpaired) electrons. The van der Waals surface area contributed by atoms with E-state index in [4.69, 9.17) is 10.7 Å². The molecule has 0 spiro atoms. The molecule has 0 fully saturated rings. The Hall–Kier alpha value is -0.390. The third-order valence-corrected chi connectivity index (χ3v) is 6.22. The van der Waals surface area contributed by atoms with E-state index in [1.54, 1.807) is 0 Å². The first-order valence-corrected chi connectivity index (χ1v) is 8.29. The normalized spacial score (nSPS) is 14.3. The molecule has 3 nitrogen and oxygen atoms in total. The molecule has 102 valence electrons. The average Bonchev–Trinajstić information content (AvgIpc) is 2.80. The van der Waals surface area contributed by atoms with E-state index in [0.717, 1.165) is 46.8 Å².